The molecular weight excluding hydrogens is 351 g/mol. The molecule has 2 amide bonds. The van der Waals surface area contributed by atoms with Crippen LogP contribution >= 0.6 is 0 Å². The lowest BCUT2D eigenvalue weighted by Crippen LogP contribution is -2.33. The predicted molar refractivity (Wildman–Crippen MR) is 99.1 cm³/mol. The highest BCUT2D eigenvalue weighted by molar-refractivity contribution is 5.90. The van der Waals surface area contributed by atoms with E-state index in [1.807, 2.05) is 11.0 Å². The standard InChI is InChI=1S/C19H21FN4O3/c1-13(25)22-11-16-12-24(19(26)27-16)15-3-4-18(17(20)9-15)23-7-5-14(6-8-23)10-21-2/h3-5,9,16H,6-8,10-12H2,1H3,(H,22,25)/t16-/m0/s1. The number of rotatable bonds is 5. The number of ether oxygens (including phenoxy) is 1. The van der Waals surface area contributed by atoms with E-state index >= 15 is 0 Å². The molecule has 2 aliphatic rings. The zero-order valence-corrected chi connectivity index (χ0v) is 15.1. The third kappa shape index (κ3) is 4.37. The molecule has 1 saturated heterocycles. The van der Waals surface area contributed by atoms with Gasteiger partial charge in [0.15, 0.2) is 0 Å². The normalized spacial score (nSPS) is 19.4. The molecule has 1 aromatic carbocycles. The Morgan fingerprint density at radius 1 is 1.48 bits per heavy atom. The van der Waals surface area contributed by atoms with Crippen molar-refractivity contribution in [2.75, 3.05) is 42.5 Å². The van der Waals surface area contributed by atoms with Crippen molar-refractivity contribution in [1.29, 1.82) is 0 Å². The number of carbonyl (C=O) groups is 2. The number of benzene rings is 1. The smallest absolute Gasteiger partial charge is 0.414 e. The molecule has 0 aromatic heterocycles. The fourth-order valence-electron chi connectivity index (χ4n) is 3.19. The first-order valence-corrected chi connectivity index (χ1v) is 8.76. The number of nitrogens with one attached hydrogen (secondary N) is 1. The molecule has 1 N–H and O–H groups in total. The van der Waals surface area contributed by atoms with Crippen LogP contribution in [0.2, 0.25) is 0 Å². The van der Waals surface area contributed by atoms with Gasteiger partial charge in [-0.1, -0.05) is 6.08 Å². The molecule has 7 nitrogen and oxygen atoms in total. The highest BCUT2D eigenvalue weighted by Crippen LogP contribution is 2.29. The number of anilines is 2. The van der Waals surface area contributed by atoms with Crippen molar-refractivity contribution in [3.8, 4) is 0 Å². The van der Waals surface area contributed by atoms with Crippen molar-refractivity contribution >= 4 is 23.4 Å². The van der Waals surface area contributed by atoms with Crippen LogP contribution in [-0.2, 0) is 9.53 Å². The molecule has 0 bridgehead atoms. The van der Waals surface area contributed by atoms with Gasteiger partial charge in [0.2, 0.25) is 12.5 Å². The van der Waals surface area contributed by atoms with Crippen molar-refractivity contribution in [3.05, 3.63) is 47.1 Å². The second kappa shape index (κ2) is 8.08. The second-order valence-electron chi connectivity index (χ2n) is 6.56. The van der Waals surface area contributed by atoms with E-state index < -0.39 is 18.0 Å². The Balaban J connectivity index is 1.68. The van der Waals surface area contributed by atoms with E-state index in [9.17, 15) is 14.0 Å². The van der Waals surface area contributed by atoms with Gasteiger partial charge in [-0.3, -0.25) is 9.69 Å². The van der Waals surface area contributed by atoms with Crippen LogP contribution in [-0.4, -0.2) is 50.8 Å². The Bertz CT molecular complexity index is 818. The molecule has 1 aromatic rings. The summed E-state index contributed by atoms with van der Waals surface area (Å²) in [4.78, 5) is 29.7. The molecule has 0 radical (unpaired) electrons. The van der Waals surface area contributed by atoms with Crippen LogP contribution in [0.25, 0.3) is 4.85 Å². The fraction of sp³-hybridized carbons (Fsp3) is 0.421. The van der Waals surface area contributed by atoms with Gasteiger partial charge >= 0.3 is 6.09 Å². The van der Waals surface area contributed by atoms with E-state index in [2.05, 4.69) is 10.2 Å². The molecule has 2 heterocycles. The Hall–Kier alpha value is -3.08. The zero-order valence-electron chi connectivity index (χ0n) is 15.1. The maximum atomic E-state index is 14.7. The molecule has 0 unspecified atom stereocenters. The molecule has 1 atom stereocenters. The minimum absolute atomic E-state index is 0.199. The Kier molecular flexibility index (Phi) is 5.60. The van der Waals surface area contributed by atoms with Crippen molar-refractivity contribution in [1.82, 2.24) is 5.32 Å². The Morgan fingerprint density at radius 2 is 2.30 bits per heavy atom. The molecule has 8 heteroatoms. The molecular formula is C19H21FN4O3. The maximum Gasteiger partial charge on any atom is 0.414 e. The van der Waals surface area contributed by atoms with Crippen LogP contribution in [0, 0.1) is 12.4 Å². The highest BCUT2D eigenvalue weighted by Gasteiger charge is 2.33. The lowest BCUT2D eigenvalue weighted by atomic mass is 10.1. The van der Waals surface area contributed by atoms with E-state index in [0.29, 0.717) is 31.0 Å². The van der Waals surface area contributed by atoms with Gasteiger partial charge in [-0.25, -0.2) is 15.8 Å². The van der Waals surface area contributed by atoms with Gasteiger partial charge in [-0.15, -0.1) is 0 Å². The van der Waals surface area contributed by atoms with Crippen LogP contribution in [0.3, 0.4) is 0 Å². The van der Waals surface area contributed by atoms with E-state index in [1.165, 1.54) is 17.9 Å². The van der Waals surface area contributed by atoms with Crippen LogP contribution in [0.4, 0.5) is 20.6 Å². The summed E-state index contributed by atoms with van der Waals surface area (Å²) in [7, 11) is 0. The summed E-state index contributed by atoms with van der Waals surface area (Å²) in [6.07, 6.45) is 1.70. The van der Waals surface area contributed by atoms with E-state index in [4.69, 9.17) is 11.3 Å². The van der Waals surface area contributed by atoms with Gasteiger partial charge in [-0.2, -0.15) is 0 Å². The monoisotopic (exact) mass is 372 g/mol. The first kappa shape index (κ1) is 18.7. The molecule has 0 saturated carbocycles. The summed E-state index contributed by atoms with van der Waals surface area (Å²) in [6.45, 7) is 10.4. The molecule has 0 aliphatic carbocycles. The summed E-state index contributed by atoms with van der Waals surface area (Å²) in [6, 6.07) is 4.68. The summed E-state index contributed by atoms with van der Waals surface area (Å²) < 4.78 is 19.9. The van der Waals surface area contributed by atoms with E-state index in [-0.39, 0.29) is 19.0 Å². The Morgan fingerprint density at radius 3 is 2.93 bits per heavy atom. The molecule has 27 heavy (non-hydrogen) atoms. The second-order valence-corrected chi connectivity index (χ2v) is 6.56. The topological polar surface area (TPSA) is 66.2 Å². The maximum absolute atomic E-state index is 14.7. The molecule has 1 fully saturated rings. The fourth-order valence-corrected chi connectivity index (χ4v) is 3.19. The number of amides is 2. The van der Waals surface area contributed by atoms with E-state index in [1.54, 1.807) is 12.1 Å². The third-order valence-electron chi connectivity index (χ3n) is 4.62. The van der Waals surface area contributed by atoms with Gasteiger partial charge in [0, 0.05) is 25.6 Å². The average molecular weight is 372 g/mol. The number of hydrogen-bond donors (Lipinski definition) is 1. The summed E-state index contributed by atoms with van der Waals surface area (Å²) in [5, 5.41) is 2.61. The molecule has 0 spiro atoms. The number of carbonyl (C=O) groups excluding carboxylic acids is 2. The number of nitrogens with zero attached hydrogens (tertiary/aromatic N) is 3. The SMILES string of the molecule is [C-]#[N+]CC1=CCN(c2ccc(N3C[C@H](CNC(C)=O)OC3=O)cc2F)CC1. The zero-order chi connectivity index (χ0) is 19.4. The average Bonchev–Trinajstić information content (AvgIpc) is 3.02. The largest absolute Gasteiger partial charge is 0.442 e. The van der Waals surface area contributed by atoms with Gasteiger partial charge in [0.1, 0.15) is 11.9 Å². The first-order chi connectivity index (χ1) is 13.0. The lowest BCUT2D eigenvalue weighted by molar-refractivity contribution is -0.119. The van der Waals surface area contributed by atoms with Gasteiger partial charge in [0.25, 0.3) is 0 Å². The molecule has 142 valence electrons. The quantitative estimate of drug-likeness (QED) is 0.636. The number of cyclic esters (lactones) is 1. The van der Waals surface area contributed by atoms with Crippen LogP contribution in [0.1, 0.15) is 13.3 Å². The number of halogens is 1. The van der Waals surface area contributed by atoms with Crippen molar-refractivity contribution in [2.45, 2.75) is 19.4 Å². The minimum atomic E-state index is -0.554. The van der Waals surface area contributed by atoms with Crippen molar-refractivity contribution in [2.24, 2.45) is 0 Å². The van der Waals surface area contributed by atoms with Gasteiger partial charge < -0.3 is 19.8 Å². The third-order valence-corrected chi connectivity index (χ3v) is 4.62. The van der Waals surface area contributed by atoms with Gasteiger partial charge in [0.05, 0.1) is 24.5 Å². The first-order valence-electron chi connectivity index (χ1n) is 8.76. The van der Waals surface area contributed by atoms with Crippen LogP contribution in [0.5, 0.6) is 0 Å². The van der Waals surface area contributed by atoms with E-state index in [0.717, 1.165) is 12.0 Å². The lowest BCUT2D eigenvalue weighted by Gasteiger charge is -2.28. The van der Waals surface area contributed by atoms with Crippen molar-refractivity contribution < 1.29 is 18.7 Å². The predicted octanol–water partition coefficient (Wildman–Crippen LogP) is 2.34. The summed E-state index contributed by atoms with van der Waals surface area (Å²) in [5.74, 6) is -0.609. The summed E-state index contributed by atoms with van der Waals surface area (Å²) in [5.41, 5.74) is 1.98. The molecule has 3 rings (SSSR count). The van der Waals surface area contributed by atoms with Crippen LogP contribution < -0.4 is 15.1 Å². The summed E-state index contributed by atoms with van der Waals surface area (Å²) >= 11 is 0. The highest BCUT2D eigenvalue weighted by atomic mass is 19.1. The molecule has 2 aliphatic heterocycles. The van der Waals surface area contributed by atoms with Gasteiger partial charge in [-0.05, 0) is 24.6 Å². The minimum Gasteiger partial charge on any atom is -0.442 e. The Labute approximate surface area is 157 Å². The van der Waals surface area contributed by atoms with Crippen LogP contribution in [0.15, 0.2) is 29.8 Å². The van der Waals surface area contributed by atoms with Crippen molar-refractivity contribution in [3.63, 3.8) is 0 Å². The number of hydrogen-bond acceptors (Lipinski definition) is 4.